The van der Waals surface area contributed by atoms with Gasteiger partial charge in [0.25, 0.3) is 0 Å². The summed E-state index contributed by atoms with van der Waals surface area (Å²) in [5, 5.41) is 0.946. The predicted octanol–water partition coefficient (Wildman–Crippen LogP) is 2.81. The maximum absolute atomic E-state index is 11.0. The third-order valence-corrected chi connectivity index (χ3v) is 2.58. The summed E-state index contributed by atoms with van der Waals surface area (Å²) in [4.78, 5) is 15.5. The van der Waals surface area contributed by atoms with Crippen molar-refractivity contribution in [2.45, 2.75) is 27.3 Å². The van der Waals surface area contributed by atoms with E-state index in [-0.39, 0.29) is 0 Å². The van der Waals surface area contributed by atoms with Gasteiger partial charge in [-0.2, -0.15) is 0 Å². The van der Waals surface area contributed by atoms with E-state index in [1.807, 2.05) is 25.3 Å². The van der Waals surface area contributed by atoms with Gasteiger partial charge in [0.1, 0.15) is 5.65 Å². The largest absolute Gasteiger partial charge is 0.332 e. The zero-order valence-electron chi connectivity index (χ0n) is 9.90. The van der Waals surface area contributed by atoms with Gasteiger partial charge in [-0.3, -0.25) is 4.79 Å². The maximum Gasteiger partial charge on any atom is 0.150 e. The summed E-state index contributed by atoms with van der Waals surface area (Å²) >= 11 is 0. The van der Waals surface area contributed by atoms with Gasteiger partial charge in [0.15, 0.2) is 6.29 Å². The third-order valence-electron chi connectivity index (χ3n) is 2.58. The Bertz CT molecular complexity index is 526. The van der Waals surface area contributed by atoms with Crippen LogP contribution in [0.2, 0.25) is 0 Å². The van der Waals surface area contributed by atoms with E-state index >= 15 is 0 Å². The van der Waals surface area contributed by atoms with Crippen molar-refractivity contribution in [3.8, 4) is 0 Å². The molecular formula is C13H16N2O. The first-order valence-electron chi connectivity index (χ1n) is 5.53. The van der Waals surface area contributed by atoms with E-state index in [4.69, 9.17) is 0 Å². The number of hydrogen-bond donors (Lipinski definition) is 0. The molecule has 16 heavy (non-hydrogen) atoms. The quantitative estimate of drug-likeness (QED) is 0.739. The van der Waals surface area contributed by atoms with Crippen molar-refractivity contribution < 1.29 is 4.79 Å². The Balaban J connectivity index is 2.62. The molecule has 2 rings (SSSR count). The van der Waals surface area contributed by atoms with E-state index in [0.717, 1.165) is 35.1 Å². The Hall–Kier alpha value is -1.64. The standard InChI is InChI=1S/C13H16N2O/c1-9(2)7-15-5-4-12-11(8-16)6-10(3)14-13(12)15/h4-6,8-9H,7H2,1-3H3. The number of aldehydes is 1. The Kier molecular flexibility index (Phi) is 2.77. The highest BCUT2D eigenvalue weighted by atomic mass is 16.1. The van der Waals surface area contributed by atoms with Gasteiger partial charge < -0.3 is 4.57 Å². The lowest BCUT2D eigenvalue weighted by molar-refractivity contribution is 0.112. The van der Waals surface area contributed by atoms with Gasteiger partial charge in [0.05, 0.1) is 0 Å². The lowest BCUT2D eigenvalue weighted by Gasteiger charge is -2.08. The molecule has 0 bridgehead atoms. The van der Waals surface area contributed by atoms with Crippen LogP contribution in [0.15, 0.2) is 18.3 Å². The molecule has 3 heteroatoms. The Labute approximate surface area is 95.1 Å². The molecule has 3 nitrogen and oxygen atoms in total. The molecule has 0 amide bonds. The molecule has 0 aromatic carbocycles. The van der Waals surface area contributed by atoms with E-state index < -0.39 is 0 Å². The molecule has 0 aliphatic rings. The predicted molar refractivity (Wildman–Crippen MR) is 64.7 cm³/mol. The molecule has 2 heterocycles. The molecule has 0 atom stereocenters. The molecule has 0 fully saturated rings. The number of aromatic nitrogens is 2. The number of hydrogen-bond acceptors (Lipinski definition) is 2. The van der Waals surface area contributed by atoms with Gasteiger partial charge >= 0.3 is 0 Å². The lowest BCUT2D eigenvalue weighted by Crippen LogP contribution is -2.04. The van der Waals surface area contributed by atoms with E-state index in [9.17, 15) is 4.79 Å². The first-order valence-corrected chi connectivity index (χ1v) is 5.53. The average Bonchev–Trinajstić information content (AvgIpc) is 2.59. The molecule has 0 saturated carbocycles. The molecule has 0 unspecified atom stereocenters. The van der Waals surface area contributed by atoms with Crippen LogP contribution in [0.25, 0.3) is 11.0 Å². The van der Waals surface area contributed by atoms with E-state index in [1.165, 1.54) is 0 Å². The summed E-state index contributed by atoms with van der Waals surface area (Å²) in [6.07, 6.45) is 2.90. The number of carbonyl (C=O) groups is 1. The SMILES string of the molecule is Cc1cc(C=O)c2ccn(CC(C)C)c2n1. The average molecular weight is 216 g/mol. The van der Waals surface area contributed by atoms with Gasteiger partial charge in [-0.25, -0.2) is 4.98 Å². The van der Waals surface area contributed by atoms with E-state index in [2.05, 4.69) is 23.4 Å². The van der Waals surface area contributed by atoms with Crippen LogP contribution in [-0.4, -0.2) is 15.8 Å². The van der Waals surface area contributed by atoms with Gasteiger partial charge in [-0.1, -0.05) is 13.8 Å². The van der Waals surface area contributed by atoms with Crippen LogP contribution in [-0.2, 0) is 6.54 Å². The van der Waals surface area contributed by atoms with Crippen molar-refractivity contribution in [2.24, 2.45) is 5.92 Å². The summed E-state index contributed by atoms with van der Waals surface area (Å²) in [6.45, 7) is 7.18. The summed E-state index contributed by atoms with van der Waals surface area (Å²) < 4.78 is 2.11. The Morgan fingerprint density at radius 1 is 1.50 bits per heavy atom. The zero-order valence-corrected chi connectivity index (χ0v) is 9.90. The van der Waals surface area contributed by atoms with Crippen LogP contribution in [0.3, 0.4) is 0 Å². The monoisotopic (exact) mass is 216 g/mol. The minimum absolute atomic E-state index is 0.567. The van der Waals surface area contributed by atoms with Crippen LogP contribution in [0.5, 0.6) is 0 Å². The highest BCUT2D eigenvalue weighted by molar-refractivity contribution is 5.95. The molecule has 0 N–H and O–H groups in total. The lowest BCUT2D eigenvalue weighted by atomic mass is 10.2. The second kappa shape index (κ2) is 4.08. The molecule has 0 spiro atoms. The summed E-state index contributed by atoms with van der Waals surface area (Å²) in [6, 6.07) is 3.79. The van der Waals surface area contributed by atoms with Crippen LogP contribution in [0, 0.1) is 12.8 Å². The van der Waals surface area contributed by atoms with Gasteiger partial charge in [0, 0.05) is 29.4 Å². The molecule has 0 radical (unpaired) electrons. The summed E-state index contributed by atoms with van der Waals surface area (Å²) in [5.74, 6) is 0.567. The van der Waals surface area contributed by atoms with Crippen molar-refractivity contribution in [1.82, 2.24) is 9.55 Å². The van der Waals surface area contributed by atoms with E-state index in [0.29, 0.717) is 5.92 Å². The highest BCUT2D eigenvalue weighted by Crippen LogP contribution is 2.19. The number of rotatable bonds is 3. The minimum atomic E-state index is 0.567. The van der Waals surface area contributed by atoms with Crippen LogP contribution in [0.4, 0.5) is 0 Å². The van der Waals surface area contributed by atoms with E-state index in [1.54, 1.807) is 0 Å². The molecular weight excluding hydrogens is 200 g/mol. The fourth-order valence-electron chi connectivity index (χ4n) is 1.95. The fourth-order valence-corrected chi connectivity index (χ4v) is 1.95. The molecule has 0 aliphatic carbocycles. The van der Waals surface area contributed by atoms with Crippen molar-refractivity contribution in [2.75, 3.05) is 0 Å². The molecule has 2 aromatic rings. The minimum Gasteiger partial charge on any atom is -0.332 e. The van der Waals surface area contributed by atoms with Crippen molar-refractivity contribution >= 4 is 17.3 Å². The number of nitrogens with zero attached hydrogens (tertiary/aromatic N) is 2. The first-order chi connectivity index (χ1) is 7.61. The second-order valence-corrected chi connectivity index (χ2v) is 4.57. The number of pyridine rings is 1. The maximum atomic E-state index is 11.0. The smallest absolute Gasteiger partial charge is 0.150 e. The molecule has 84 valence electrons. The highest BCUT2D eigenvalue weighted by Gasteiger charge is 2.08. The third kappa shape index (κ3) is 1.85. The normalized spacial score (nSPS) is 11.2. The topological polar surface area (TPSA) is 34.9 Å². The fraction of sp³-hybridized carbons (Fsp3) is 0.385. The Morgan fingerprint density at radius 2 is 2.25 bits per heavy atom. The van der Waals surface area contributed by atoms with Crippen LogP contribution >= 0.6 is 0 Å². The van der Waals surface area contributed by atoms with Crippen molar-refractivity contribution in [3.63, 3.8) is 0 Å². The molecule has 0 aliphatic heterocycles. The van der Waals surface area contributed by atoms with Crippen molar-refractivity contribution in [3.05, 3.63) is 29.6 Å². The first kappa shape index (κ1) is 10.9. The van der Waals surface area contributed by atoms with Crippen LogP contribution < -0.4 is 0 Å². The zero-order chi connectivity index (χ0) is 11.7. The van der Waals surface area contributed by atoms with Crippen molar-refractivity contribution in [1.29, 1.82) is 0 Å². The van der Waals surface area contributed by atoms with Gasteiger partial charge in [-0.05, 0) is 25.0 Å². The number of aryl methyl sites for hydroxylation is 1. The summed E-state index contributed by atoms with van der Waals surface area (Å²) in [5.41, 5.74) is 2.53. The van der Waals surface area contributed by atoms with Gasteiger partial charge in [-0.15, -0.1) is 0 Å². The molecule has 0 saturated heterocycles. The summed E-state index contributed by atoms with van der Waals surface area (Å²) in [7, 11) is 0. The molecule has 2 aromatic heterocycles. The number of carbonyl (C=O) groups excluding carboxylic acids is 1. The van der Waals surface area contributed by atoms with Gasteiger partial charge in [0.2, 0.25) is 0 Å². The van der Waals surface area contributed by atoms with Crippen LogP contribution in [0.1, 0.15) is 29.9 Å². The Morgan fingerprint density at radius 3 is 2.88 bits per heavy atom. The second-order valence-electron chi connectivity index (χ2n) is 4.57. The number of fused-ring (bicyclic) bond motifs is 1.